The van der Waals surface area contributed by atoms with Gasteiger partial charge < -0.3 is 24.6 Å². The molecule has 7 heteroatoms. The zero-order valence-corrected chi connectivity index (χ0v) is 14.1. The van der Waals surface area contributed by atoms with Crippen molar-refractivity contribution in [1.82, 2.24) is 4.98 Å². The van der Waals surface area contributed by atoms with Gasteiger partial charge in [0, 0.05) is 19.8 Å². The molecule has 0 radical (unpaired) electrons. The van der Waals surface area contributed by atoms with E-state index >= 15 is 0 Å². The number of hydrogen-bond donors (Lipinski definition) is 2. The van der Waals surface area contributed by atoms with Crippen LogP contribution in [0.25, 0.3) is 0 Å². The van der Waals surface area contributed by atoms with Gasteiger partial charge in [-0.15, -0.1) is 0 Å². The molecule has 1 aromatic carbocycles. The number of thiazole rings is 1. The van der Waals surface area contributed by atoms with E-state index in [2.05, 4.69) is 22.0 Å². The normalized spacial score (nSPS) is 31.5. The van der Waals surface area contributed by atoms with Gasteiger partial charge in [0.25, 0.3) is 0 Å². The molecule has 2 aliphatic heterocycles. The van der Waals surface area contributed by atoms with Gasteiger partial charge in [-0.05, 0) is 5.56 Å². The van der Waals surface area contributed by atoms with Crippen LogP contribution >= 0.6 is 11.3 Å². The van der Waals surface area contributed by atoms with Crippen molar-refractivity contribution in [2.45, 2.75) is 30.5 Å². The number of hydrogen-bond acceptors (Lipinski definition) is 7. The quantitative estimate of drug-likeness (QED) is 0.849. The van der Waals surface area contributed by atoms with E-state index in [1.165, 1.54) is 16.9 Å². The molecule has 4 atom stereocenters. The topological polar surface area (TPSA) is 75.1 Å². The SMILES string of the molecule is CN(Cc1ccccc1)c1ncc([C@@H]2O[C@@]3(CO)CO[C@@H]2[C@@H]3O)s1. The second-order valence-corrected chi connectivity index (χ2v) is 7.41. The average molecular weight is 348 g/mol. The highest BCUT2D eigenvalue weighted by molar-refractivity contribution is 7.15. The van der Waals surface area contributed by atoms with Crippen molar-refractivity contribution < 1.29 is 19.7 Å². The van der Waals surface area contributed by atoms with E-state index in [4.69, 9.17) is 9.47 Å². The number of benzene rings is 1. The Morgan fingerprint density at radius 3 is 2.88 bits per heavy atom. The van der Waals surface area contributed by atoms with E-state index in [0.29, 0.717) is 0 Å². The van der Waals surface area contributed by atoms with Crippen molar-refractivity contribution in [1.29, 1.82) is 0 Å². The molecule has 0 amide bonds. The van der Waals surface area contributed by atoms with Crippen molar-refractivity contribution in [2.75, 3.05) is 25.2 Å². The van der Waals surface area contributed by atoms with Crippen LogP contribution in [0.15, 0.2) is 36.5 Å². The average Bonchev–Trinajstić information content (AvgIpc) is 3.29. The van der Waals surface area contributed by atoms with Gasteiger partial charge in [0.15, 0.2) is 5.13 Å². The van der Waals surface area contributed by atoms with Gasteiger partial charge in [0.1, 0.15) is 23.9 Å². The Labute approximate surface area is 144 Å². The van der Waals surface area contributed by atoms with Crippen LogP contribution in [0.4, 0.5) is 5.13 Å². The number of anilines is 1. The van der Waals surface area contributed by atoms with Crippen molar-refractivity contribution >= 4 is 16.5 Å². The number of aliphatic hydroxyl groups is 2. The molecule has 3 heterocycles. The standard InChI is InChI=1S/C17H20N2O4S/c1-19(8-11-5-3-2-4-6-11)16-18-7-12(24-16)13-14-15(21)17(9-20,23-13)10-22-14/h2-7,13-15,20-21H,8-10H2,1H3/t13-,14-,15-,17-/m0/s1. The Balaban J connectivity index is 1.50. The molecular formula is C17H20N2O4S. The van der Waals surface area contributed by atoms with Crippen LogP contribution in [-0.4, -0.2) is 53.3 Å². The highest BCUT2D eigenvalue weighted by Gasteiger charge is 2.61. The number of aliphatic hydroxyl groups excluding tert-OH is 2. The van der Waals surface area contributed by atoms with Crippen LogP contribution in [0.1, 0.15) is 16.5 Å². The molecule has 2 bridgehead atoms. The number of fused-ring (bicyclic) bond motifs is 2. The maximum absolute atomic E-state index is 10.3. The largest absolute Gasteiger partial charge is 0.393 e. The first-order chi connectivity index (χ1) is 11.6. The van der Waals surface area contributed by atoms with Gasteiger partial charge in [-0.1, -0.05) is 41.7 Å². The Kier molecular flexibility index (Phi) is 4.06. The second kappa shape index (κ2) is 6.09. The number of rotatable bonds is 5. The number of ether oxygens (including phenoxy) is 2. The predicted octanol–water partition coefficient (Wildman–Crippen LogP) is 1.34. The van der Waals surface area contributed by atoms with Crippen molar-refractivity contribution in [3.63, 3.8) is 0 Å². The molecule has 2 aromatic rings. The fourth-order valence-electron chi connectivity index (χ4n) is 3.30. The number of aromatic nitrogens is 1. The summed E-state index contributed by atoms with van der Waals surface area (Å²) >= 11 is 1.53. The molecule has 4 rings (SSSR count). The van der Waals surface area contributed by atoms with Crippen LogP contribution in [0.5, 0.6) is 0 Å². The third-order valence-electron chi connectivity index (χ3n) is 4.68. The third-order valence-corrected chi connectivity index (χ3v) is 5.85. The van der Waals surface area contributed by atoms with Crippen molar-refractivity contribution in [3.8, 4) is 0 Å². The molecule has 2 aliphatic rings. The fraction of sp³-hybridized carbons (Fsp3) is 0.471. The van der Waals surface area contributed by atoms with E-state index in [9.17, 15) is 10.2 Å². The number of nitrogens with zero attached hydrogens (tertiary/aromatic N) is 2. The molecule has 2 fully saturated rings. The van der Waals surface area contributed by atoms with E-state index in [1.807, 2.05) is 25.2 Å². The Hall–Kier alpha value is -1.51. The van der Waals surface area contributed by atoms with Gasteiger partial charge in [0.05, 0.1) is 18.1 Å². The highest BCUT2D eigenvalue weighted by Crippen LogP contribution is 2.48. The summed E-state index contributed by atoms with van der Waals surface area (Å²) in [5, 5.41) is 20.7. The van der Waals surface area contributed by atoms with Crippen LogP contribution in [-0.2, 0) is 16.0 Å². The smallest absolute Gasteiger partial charge is 0.185 e. The summed E-state index contributed by atoms with van der Waals surface area (Å²) in [6.07, 6.45) is 0.149. The maximum atomic E-state index is 10.3. The zero-order valence-electron chi connectivity index (χ0n) is 13.3. The lowest BCUT2D eigenvalue weighted by atomic mass is 10.00. The first-order valence-corrected chi connectivity index (χ1v) is 8.74. The first kappa shape index (κ1) is 16.0. The minimum atomic E-state index is -0.991. The fourth-order valence-corrected chi connectivity index (χ4v) is 4.24. The molecule has 0 unspecified atom stereocenters. The van der Waals surface area contributed by atoms with Gasteiger partial charge in [-0.25, -0.2) is 4.98 Å². The lowest BCUT2D eigenvalue weighted by molar-refractivity contribution is -0.162. The maximum Gasteiger partial charge on any atom is 0.185 e. The lowest BCUT2D eigenvalue weighted by Gasteiger charge is -2.28. The minimum absolute atomic E-state index is 0.228. The summed E-state index contributed by atoms with van der Waals surface area (Å²) in [5.41, 5.74) is 0.223. The highest BCUT2D eigenvalue weighted by atomic mass is 32.1. The zero-order chi connectivity index (χ0) is 16.7. The summed E-state index contributed by atoms with van der Waals surface area (Å²) in [5.74, 6) is 0. The van der Waals surface area contributed by atoms with Crippen LogP contribution < -0.4 is 4.90 Å². The summed E-state index contributed by atoms with van der Waals surface area (Å²) in [6, 6.07) is 10.2. The molecule has 1 aromatic heterocycles. The lowest BCUT2D eigenvalue weighted by Crippen LogP contribution is -2.43. The predicted molar refractivity (Wildman–Crippen MR) is 90.1 cm³/mol. The van der Waals surface area contributed by atoms with Gasteiger partial charge in [0.2, 0.25) is 0 Å². The molecule has 0 aliphatic carbocycles. The molecule has 24 heavy (non-hydrogen) atoms. The molecule has 0 spiro atoms. The van der Waals surface area contributed by atoms with Gasteiger partial charge in [-0.3, -0.25) is 0 Å². The van der Waals surface area contributed by atoms with Gasteiger partial charge >= 0.3 is 0 Å². The molecule has 0 saturated carbocycles. The summed E-state index contributed by atoms with van der Waals surface area (Å²) in [4.78, 5) is 7.46. The van der Waals surface area contributed by atoms with Crippen LogP contribution in [0.3, 0.4) is 0 Å². The molecule has 2 saturated heterocycles. The van der Waals surface area contributed by atoms with E-state index in [1.54, 1.807) is 6.20 Å². The summed E-state index contributed by atoms with van der Waals surface area (Å²) < 4.78 is 11.6. The Morgan fingerprint density at radius 1 is 1.38 bits per heavy atom. The van der Waals surface area contributed by atoms with E-state index < -0.39 is 17.8 Å². The molecule has 2 N–H and O–H groups in total. The van der Waals surface area contributed by atoms with Gasteiger partial charge in [-0.2, -0.15) is 0 Å². The Bertz CT molecular complexity index is 710. The Morgan fingerprint density at radius 2 is 2.17 bits per heavy atom. The monoisotopic (exact) mass is 348 g/mol. The van der Waals surface area contributed by atoms with Crippen LogP contribution in [0, 0.1) is 0 Å². The molecule has 128 valence electrons. The molecular weight excluding hydrogens is 328 g/mol. The van der Waals surface area contributed by atoms with Crippen LogP contribution in [0.2, 0.25) is 0 Å². The van der Waals surface area contributed by atoms with E-state index in [0.717, 1.165) is 16.6 Å². The van der Waals surface area contributed by atoms with Crippen molar-refractivity contribution in [2.24, 2.45) is 0 Å². The minimum Gasteiger partial charge on any atom is -0.393 e. The van der Waals surface area contributed by atoms with Crippen molar-refractivity contribution in [3.05, 3.63) is 47.0 Å². The summed E-state index contributed by atoms with van der Waals surface area (Å²) in [6.45, 7) is 0.745. The molecule has 6 nitrogen and oxygen atoms in total. The second-order valence-electron chi connectivity index (χ2n) is 6.37. The summed E-state index contributed by atoms with van der Waals surface area (Å²) in [7, 11) is 2.00. The first-order valence-electron chi connectivity index (χ1n) is 7.92. The third kappa shape index (κ3) is 2.53. The van der Waals surface area contributed by atoms with E-state index in [-0.39, 0.29) is 19.3 Å².